The van der Waals surface area contributed by atoms with Gasteiger partial charge in [0.2, 0.25) is 0 Å². The Morgan fingerprint density at radius 3 is 2.62 bits per heavy atom. The van der Waals surface area contributed by atoms with Gasteiger partial charge in [-0.05, 0) is 50.3 Å². The van der Waals surface area contributed by atoms with Gasteiger partial charge in [-0.25, -0.2) is 13.6 Å². The van der Waals surface area contributed by atoms with Gasteiger partial charge in [0.15, 0.2) is 17.4 Å². The Bertz CT molecular complexity index is 842. The van der Waals surface area contributed by atoms with Gasteiger partial charge in [-0.15, -0.1) is 0 Å². The smallest absolute Gasteiger partial charge is 0.408 e. The van der Waals surface area contributed by atoms with Gasteiger partial charge in [-0.1, -0.05) is 32.6 Å². The van der Waals surface area contributed by atoms with Gasteiger partial charge in [-0.3, -0.25) is 0 Å². The summed E-state index contributed by atoms with van der Waals surface area (Å²) in [5.74, 6) is -0.771. The molecular weight excluding hydrogens is 374 g/mol. The first-order valence-corrected chi connectivity index (χ1v) is 10.6. The van der Waals surface area contributed by atoms with Crippen LogP contribution in [-0.2, 0) is 6.54 Å². The van der Waals surface area contributed by atoms with E-state index in [1.54, 1.807) is 12.1 Å². The molecule has 29 heavy (non-hydrogen) atoms. The molecule has 0 spiro atoms. The zero-order valence-electron chi connectivity index (χ0n) is 17.3. The lowest BCUT2D eigenvalue weighted by Crippen LogP contribution is -2.27. The van der Waals surface area contributed by atoms with Crippen molar-refractivity contribution < 1.29 is 18.3 Å². The Morgan fingerprint density at radius 2 is 1.93 bits per heavy atom. The number of aromatic nitrogens is 1. The SMILES string of the molecule is CCCCNC(=O)Oc1cc(-c2ccc(F)c(F)c2)n(CC2CCCCC2)c1C. The number of nitrogens with one attached hydrogen (secondary N) is 1. The summed E-state index contributed by atoms with van der Waals surface area (Å²) in [6.07, 6.45) is 7.39. The van der Waals surface area contributed by atoms with Crippen molar-refractivity contribution in [3.8, 4) is 17.0 Å². The minimum absolute atomic E-state index is 0.453. The van der Waals surface area contributed by atoms with Gasteiger partial charge >= 0.3 is 6.09 Å². The van der Waals surface area contributed by atoms with Crippen LogP contribution < -0.4 is 10.1 Å². The lowest BCUT2D eigenvalue weighted by atomic mass is 9.89. The molecule has 1 aliphatic carbocycles. The van der Waals surface area contributed by atoms with E-state index in [4.69, 9.17) is 4.74 Å². The standard InChI is InChI=1S/C23H30F2N2O2/c1-3-4-12-26-23(28)29-22-14-21(18-10-11-19(24)20(25)13-18)27(16(22)2)15-17-8-6-5-7-9-17/h10-11,13-14,17H,3-9,12,15H2,1-2H3,(H,26,28). The predicted molar refractivity (Wildman–Crippen MR) is 110 cm³/mol. The molecule has 1 aliphatic rings. The molecule has 1 saturated carbocycles. The highest BCUT2D eigenvalue weighted by Crippen LogP contribution is 2.34. The highest BCUT2D eigenvalue weighted by Gasteiger charge is 2.21. The highest BCUT2D eigenvalue weighted by molar-refractivity contribution is 5.72. The number of rotatable bonds is 7. The highest BCUT2D eigenvalue weighted by atomic mass is 19.2. The van der Waals surface area contributed by atoms with Crippen LogP contribution in [0.3, 0.4) is 0 Å². The second-order valence-electron chi connectivity index (χ2n) is 7.89. The molecule has 0 saturated heterocycles. The van der Waals surface area contributed by atoms with Gasteiger partial charge in [0.1, 0.15) is 0 Å². The summed E-state index contributed by atoms with van der Waals surface area (Å²) < 4.78 is 34.9. The molecule has 1 aromatic carbocycles. The van der Waals surface area contributed by atoms with E-state index in [0.717, 1.165) is 49.7 Å². The molecule has 0 unspecified atom stereocenters. The van der Waals surface area contributed by atoms with E-state index in [1.165, 1.54) is 25.3 Å². The molecule has 2 aromatic rings. The number of nitrogens with zero attached hydrogens (tertiary/aromatic N) is 1. The van der Waals surface area contributed by atoms with Crippen LogP contribution in [0.15, 0.2) is 24.3 Å². The summed E-state index contributed by atoms with van der Waals surface area (Å²) in [4.78, 5) is 12.1. The number of ether oxygens (including phenoxy) is 1. The molecule has 158 valence electrons. The van der Waals surface area contributed by atoms with Crippen molar-refractivity contribution in [3.05, 3.63) is 41.6 Å². The first kappa shape index (κ1) is 21.3. The Labute approximate surface area is 171 Å². The van der Waals surface area contributed by atoms with Crippen molar-refractivity contribution in [1.82, 2.24) is 9.88 Å². The fraction of sp³-hybridized carbons (Fsp3) is 0.522. The van der Waals surface area contributed by atoms with Crippen molar-refractivity contribution in [1.29, 1.82) is 0 Å². The van der Waals surface area contributed by atoms with Gasteiger partial charge in [-0.2, -0.15) is 0 Å². The average Bonchev–Trinajstić information content (AvgIpc) is 3.01. The van der Waals surface area contributed by atoms with Crippen LogP contribution in [0.25, 0.3) is 11.3 Å². The Balaban J connectivity index is 1.89. The Hall–Kier alpha value is -2.37. The number of unbranched alkanes of at least 4 members (excludes halogenated alkanes) is 1. The zero-order valence-corrected chi connectivity index (χ0v) is 17.3. The minimum atomic E-state index is -0.884. The summed E-state index contributed by atoms with van der Waals surface area (Å²) in [5.41, 5.74) is 2.13. The van der Waals surface area contributed by atoms with Crippen LogP contribution in [0.2, 0.25) is 0 Å². The third-order valence-corrected chi connectivity index (χ3v) is 5.70. The quantitative estimate of drug-likeness (QED) is 0.558. The summed E-state index contributed by atoms with van der Waals surface area (Å²) in [6.45, 7) is 5.30. The van der Waals surface area contributed by atoms with Gasteiger partial charge < -0.3 is 14.6 Å². The molecule has 1 N–H and O–H groups in total. The maximum absolute atomic E-state index is 13.9. The zero-order chi connectivity index (χ0) is 20.8. The first-order valence-electron chi connectivity index (χ1n) is 10.6. The molecule has 1 fully saturated rings. The van der Waals surface area contributed by atoms with Gasteiger partial charge in [0, 0.05) is 24.7 Å². The van der Waals surface area contributed by atoms with Crippen molar-refractivity contribution in [2.45, 2.75) is 65.3 Å². The van der Waals surface area contributed by atoms with Crippen molar-refractivity contribution in [3.63, 3.8) is 0 Å². The molecule has 1 amide bonds. The lowest BCUT2D eigenvalue weighted by Gasteiger charge is -2.24. The third kappa shape index (κ3) is 5.37. The molecule has 0 atom stereocenters. The van der Waals surface area contributed by atoms with E-state index in [2.05, 4.69) is 16.8 Å². The van der Waals surface area contributed by atoms with E-state index in [9.17, 15) is 13.6 Å². The monoisotopic (exact) mass is 404 g/mol. The molecule has 0 radical (unpaired) electrons. The lowest BCUT2D eigenvalue weighted by molar-refractivity contribution is 0.200. The number of amides is 1. The largest absolute Gasteiger partial charge is 0.412 e. The van der Waals surface area contributed by atoms with Gasteiger partial charge in [0.05, 0.1) is 11.4 Å². The summed E-state index contributed by atoms with van der Waals surface area (Å²) in [7, 11) is 0. The van der Waals surface area contributed by atoms with E-state index in [-0.39, 0.29) is 0 Å². The topological polar surface area (TPSA) is 43.3 Å². The average molecular weight is 405 g/mol. The molecule has 4 nitrogen and oxygen atoms in total. The van der Waals surface area contributed by atoms with Crippen LogP contribution in [0, 0.1) is 24.5 Å². The summed E-state index contributed by atoms with van der Waals surface area (Å²) in [6, 6.07) is 5.66. The Kier molecular flexibility index (Phi) is 7.29. The normalized spacial score (nSPS) is 14.8. The van der Waals surface area contributed by atoms with E-state index >= 15 is 0 Å². The van der Waals surface area contributed by atoms with Crippen molar-refractivity contribution in [2.75, 3.05) is 6.54 Å². The van der Waals surface area contributed by atoms with Crippen LogP contribution in [0.5, 0.6) is 5.75 Å². The first-order chi connectivity index (χ1) is 14.0. The third-order valence-electron chi connectivity index (χ3n) is 5.70. The number of halogens is 2. The molecule has 0 aliphatic heterocycles. The van der Waals surface area contributed by atoms with Crippen LogP contribution >= 0.6 is 0 Å². The molecular formula is C23H30F2N2O2. The van der Waals surface area contributed by atoms with Crippen molar-refractivity contribution >= 4 is 6.09 Å². The van der Waals surface area contributed by atoms with Crippen molar-refractivity contribution in [2.24, 2.45) is 5.92 Å². The molecule has 6 heteroatoms. The number of carbonyl (C=O) groups is 1. The molecule has 1 aromatic heterocycles. The molecule has 3 rings (SSSR count). The van der Waals surface area contributed by atoms with Gasteiger partial charge in [0.25, 0.3) is 0 Å². The minimum Gasteiger partial charge on any atom is -0.408 e. The molecule has 1 heterocycles. The Morgan fingerprint density at radius 1 is 1.17 bits per heavy atom. The number of benzene rings is 1. The summed E-state index contributed by atoms with van der Waals surface area (Å²) >= 11 is 0. The fourth-order valence-electron chi connectivity index (χ4n) is 3.98. The van der Waals surface area contributed by atoms with Crippen LogP contribution in [-0.4, -0.2) is 17.2 Å². The maximum atomic E-state index is 13.9. The van der Waals surface area contributed by atoms with E-state index in [1.807, 2.05) is 6.92 Å². The number of carbonyl (C=O) groups excluding carboxylic acids is 1. The number of hydrogen-bond donors (Lipinski definition) is 1. The number of hydrogen-bond acceptors (Lipinski definition) is 2. The second kappa shape index (κ2) is 9.90. The predicted octanol–water partition coefficient (Wildman–Crippen LogP) is 6.21. The van der Waals surface area contributed by atoms with Crippen LogP contribution in [0.4, 0.5) is 13.6 Å². The van der Waals surface area contributed by atoms with Crippen LogP contribution in [0.1, 0.15) is 57.6 Å². The summed E-state index contributed by atoms with van der Waals surface area (Å²) in [5, 5.41) is 2.75. The molecule has 0 bridgehead atoms. The maximum Gasteiger partial charge on any atom is 0.412 e. The van der Waals surface area contributed by atoms with E-state index < -0.39 is 17.7 Å². The van der Waals surface area contributed by atoms with E-state index in [0.29, 0.717) is 23.8 Å². The fourth-order valence-corrected chi connectivity index (χ4v) is 3.98. The second-order valence-corrected chi connectivity index (χ2v) is 7.89.